The van der Waals surface area contributed by atoms with Gasteiger partial charge in [0.25, 0.3) is 0 Å². The zero-order valence-corrected chi connectivity index (χ0v) is 23.0. The van der Waals surface area contributed by atoms with Crippen LogP contribution >= 0.6 is 0 Å². The Labute approximate surface area is 241 Å². The summed E-state index contributed by atoms with van der Waals surface area (Å²) < 4.78 is 39.3. The number of nitrogens with zero attached hydrogens (tertiary/aromatic N) is 3. The van der Waals surface area contributed by atoms with E-state index in [1.54, 1.807) is 68.4 Å². The maximum Gasteiger partial charge on any atom is 0.416 e. The molecule has 4 rings (SSSR count). The van der Waals surface area contributed by atoms with Gasteiger partial charge in [0.2, 0.25) is 17.7 Å². The van der Waals surface area contributed by atoms with Crippen LogP contribution in [-0.2, 0) is 20.6 Å². The standard InChI is InChI=1S/C31H30F3N5O3/c1-20(2)39(23-14-12-21(13-15-23)31(32,33)34)28(40)19-37-16-17-38(22-8-4-3-5-9-22)30(42)25(29(37)41)18-27(36)24-10-6-7-11-26(24)35/h3-17,20,25,36H,18-19,35H2,1-2H3. The van der Waals surface area contributed by atoms with Crippen molar-refractivity contribution in [1.82, 2.24) is 4.90 Å². The Morgan fingerprint density at radius 1 is 0.929 bits per heavy atom. The number of carbonyl (C=O) groups is 3. The molecule has 0 fully saturated rings. The molecule has 3 N–H and O–H groups in total. The SMILES string of the molecule is CC(C)N(C(=O)CN1C=CN(c2ccccc2)C(=O)C(CC(=N)c2ccccc2N)C1=O)c1ccc(C(F)(F)F)cc1. The first-order valence-corrected chi connectivity index (χ1v) is 13.2. The number of anilines is 3. The first-order valence-electron chi connectivity index (χ1n) is 13.2. The zero-order valence-electron chi connectivity index (χ0n) is 23.0. The van der Waals surface area contributed by atoms with Gasteiger partial charge in [-0.3, -0.25) is 19.3 Å². The van der Waals surface area contributed by atoms with Gasteiger partial charge in [-0.2, -0.15) is 13.2 Å². The number of hydrogen-bond donors (Lipinski definition) is 2. The van der Waals surface area contributed by atoms with E-state index in [0.717, 1.165) is 17.0 Å². The van der Waals surface area contributed by atoms with E-state index in [9.17, 15) is 27.6 Å². The number of carbonyl (C=O) groups excluding carboxylic acids is 3. The number of rotatable bonds is 8. The summed E-state index contributed by atoms with van der Waals surface area (Å²) >= 11 is 0. The molecule has 3 amide bonds. The van der Waals surface area contributed by atoms with Crippen LogP contribution in [-0.4, -0.2) is 40.9 Å². The third-order valence-corrected chi connectivity index (χ3v) is 6.80. The van der Waals surface area contributed by atoms with E-state index in [1.807, 2.05) is 0 Å². The Kier molecular flexibility index (Phi) is 8.79. The van der Waals surface area contributed by atoms with Gasteiger partial charge in [0.05, 0.1) is 5.56 Å². The minimum absolute atomic E-state index is 0.0189. The Balaban J connectivity index is 1.65. The molecule has 0 radical (unpaired) electrons. The van der Waals surface area contributed by atoms with Crippen molar-refractivity contribution in [1.29, 1.82) is 5.41 Å². The minimum atomic E-state index is -4.53. The highest BCUT2D eigenvalue weighted by atomic mass is 19.4. The molecule has 1 unspecified atom stereocenters. The number of amides is 3. The second-order valence-corrected chi connectivity index (χ2v) is 10.0. The lowest BCUT2D eigenvalue weighted by atomic mass is 9.94. The molecule has 0 saturated heterocycles. The van der Waals surface area contributed by atoms with Crippen LogP contribution in [0.5, 0.6) is 0 Å². The van der Waals surface area contributed by atoms with Crippen LogP contribution in [0.25, 0.3) is 0 Å². The molecule has 11 heteroatoms. The van der Waals surface area contributed by atoms with Crippen molar-refractivity contribution in [2.45, 2.75) is 32.5 Å². The number of nitrogens with one attached hydrogen (secondary N) is 1. The molecule has 0 spiro atoms. The average Bonchev–Trinajstić information content (AvgIpc) is 3.05. The normalized spacial score (nSPS) is 15.6. The van der Waals surface area contributed by atoms with E-state index in [-0.39, 0.29) is 17.8 Å². The lowest BCUT2D eigenvalue weighted by Gasteiger charge is -2.30. The number of para-hydroxylation sites is 2. The summed E-state index contributed by atoms with van der Waals surface area (Å²) in [6.07, 6.45) is -2.08. The first-order chi connectivity index (χ1) is 19.9. The molecular formula is C31H30F3N5O3. The quantitative estimate of drug-likeness (QED) is 0.211. The Bertz CT molecular complexity index is 1500. The van der Waals surface area contributed by atoms with E-state index in [2.05, 4.69) is 0 Å². The summed E-state index contributed by atoms with van der Waals surface area (Å²) in [6, 6.07) is 19.0. The summed E-state index contributed by atoms with van der Waals surface area (Å²) in [4.78, 5) is 44.8. The fourth-order valence-corrected chi connectivity index (χ4v) is 4.72. The van der Waals surface area contributed by atoms with Crippen LogP contribution in [0.15, 0.2) is 91.3 Å². The van der Waals surface area contributed by atoms with Gasteiger partial charge in [0.15, 0.2) is 0 Å². The third-order valence-electron chi connectivity index (χ3n) is 6.80. The van der Waals surface area contributed by atoms with E-state index < -0.39 is 48.0 Å². The lowest BCUT2D eigenvalue weighted by Crippen LogP contribution is -2.46. The first kappa shape index (κ1) is 30.0. The molecule has 1 aliphatic rings. The van der Waals surface area contributed by atoms with Crippen molar-refractivity contribution in [2.24, 2.45) is 5.92 Å². The smallest absolute Gasteiger partial charge is 0.398 e. The fraction of sp³-hybridized carbons (Fsp3) is 0.226. The molecule has 8 nitrogen and oxygen atoms in total. The summed E-state index contributed by atoms with van der Waals surface area (Å²) in [5.74, 6) is -3.19. The molecule has 218 valence electrons. The zero-order chi connectivity index (χ0) is 30.6. The monoisotopic (exact) mass is 577 g/mol. The van der Waals surface area contributed by atoms with Crippen LogP contribution in [0.2, 0.25) is 0 Å². The molecule has 0 aliphatic carbocycles. The third kappa shape index (κ3) is 6.51. The molecule has 0 saturated carbocycles. The molecule has 42 heavy (non-hydrogen) atoms. The second kappa shape index (κ2) is 12.3. The molecule has 0 aromatic heterocycles. The number of hydrogen-bond acceptors (Lipinski definition) is 5. The average molecular weight is 578 g/mol. The van der Waals surface area contributed by atoms with Crippen molar-refractivity contribution in [3.63, 3.8) is 0 Å². The van der Waals surface area contributed by atoms with Crippen molar-refractivity contribution in [2.75, 3.05) is 22.1 Å². The minimum Gasteiger partial charge on any atom is -0.398 e. The van der Waals surface area contributed by atoms with E-state index >= 15 is 0 Å². The predicted molar refractivity (Wildman–Crippen MR) is 155 cm³/mol. The Morgan fingerprint density at radius 2 is 1.55 bits per heavy atom. The maximum absolute atomic E-state index is 13.8. The Hall–Kier alpha value is -4.93. The molecule has 0 bridgehead atoms. The van der Waals surface area contributed by atoms with Crippen molar-refractivity contribution in [3.05, 3.63) is 102 Å². The van der Waals surface area contributed by atoms with Crippen molar-refractivity contribution in [3.8, 4) is 0 Å². The summed E-state index contributed by atoms with van der Waals surface area (Å²) in [5, 5.41) is 8.64. The number of benzene rings is 3. The van der Waals surface area contributed by atoms with Crippen LogP contribution in [0.1, 0.15) is 31.4 Å². The van der Waals surface area contributed by atoms with Crippen molar-refractivity contribution >= 4 is 40.5 Å². The second-order valence-electron chi connectivity index (χ2n) is 10.0. The maximum atomic E-state index is 13.8. The highest BCUT2D eigenvalue weighted by Crippen LogP contribution is 2.31. The van der Waals surface area contributed by atoms with Gasteiger partial charge in [-0.1, -0.05) is 36.4 Å². The van der Waals surface area contributed by atoms with E-state index in [4.69, 9.17) is 11.1 Å². The molecule has 3 aromatic rings. The topological polar surface area (TPSA) is 111 Å². The molecule has 1 heterocycles. The molecular weight excluding hydrogens is 547 g/mol. The number of nitrogens with two attached hydrogens (primary N) is 1. The summed E-state index contributed by atoms with van der Waals surface area (Å²) in [7, 11) is 0. The van der Waals surface area contributed by atoms with Crippen LogP contribution < -0.4 is 15.5 Å². The van der Waals surface area contributed by atoms with E-state index in [1.165, 1.54) is 34.3 Å². The fourth-order valence-electron chi connectivity index (χ4n) is 4.72. The Morgan fingerprint density at radius 3 is 2.14 bits per heavy atom. The van der Waals surface area contributed by atoms with Gasteiger partial charge in [-0.25, -0.2) is 0 Å². The van der Waals surface area contributed by atoms with Gasteiger partial charge in [0, 0.05) is 53.2 Å². The molecule has 1 atom stereocenters. The van der Waals surface area contributed by atoms with Gasteiger partial charge in [0.1, 0.15) is 12.5 Å². The van der Waals surface area contributed by atoms with Crippen molar-refractivity contribution < 1.29 is 27.6 Å². The largest absolute Gasteiger partial charge is 0.416 e. The summed E-state index contributed by atoms with van der Waals surface area (Å²) in [6.45, 7) is 2.91. The lowest BCUT2D eigenvalue weighted by molar-refractivity contribution is -0.140. The van der Waals surface area contributed by atoms with Crippen LogP contribution in [0, 0.1) is 11.3 Å². The highest BCUT2D eigenvalue weighted by molar-refractivity contribution is 6.15. The van der Waals surface area contributed by atoms with Crippen LogP contribution in [0.3, 0.4) is 0 Å². The summed E-state index contributed by atoms with van der Waals surface area (Å²) in [5.41, 5.74) is 6.59. The van der Waals surface area contributed by atoms with Gasteiger partial charge >= 0.3 is 6.18 Å². The predicted octanol–water partition coefficient (Wildman–Crippen LogP) is 5.45. The van der Waals surface area contributed by atoms with Gasteiger partial charge in [-0.05, 0) is 56.3 Å². The highest BCUT2D eigenvalue weighted by Gasteiger charge is 2.38. The number of nitrogen functional groups attached to an aromatic ring is 1. The number of halogens is 3. The van der Waals surface area contributed by atoms with Gasteiger partial charge in [-0.15, -0.1) is 0 Å². The van der Waals surface area contributed by atoms with E-state index in [0.29, 0.717) is 16.9 Å². The molecule has 1 aliphatic heterocycles. The van der Waals surface area contributed by atoms with Gasteiger partial charge < -0.3 is 20.9 Å². The van der Waals surface area contributed by atoms with Crippen LogP contribution in [0.4, 0.5) is 30.2 Å². The number of alkyl halides is 3. The molecule has 3 aromatic carbocycles.